The van der Waals surface area contributed by atoms with Gasteiger partial charge in [-0.15, -0.1) is 0 Å². The van der Waals surface area contributed by atoms with Crippen LogP contribution in [0.15, 0.2) is 0 Å². The van der Waals surface area contributed by atoms with Crippen molar-refractivity contribution in [2.24, 2.45) is 5.92 Å². The van der Waals surface area contributed by atoms with Gasteiger partial charge in [0.25, 0.3) is 0 Å². The highest BCUT2D eigenvalue weighted by Crippen LogP contribution is 2.26. The van der Waals surface area contributed by atoms with Gasteiger partial charge in [0.1, 0.15) is 0 Å². The van der Waals surface area contributed by atoms with Crippen LogP contribution in [-0.2, 0) is 4.74 Å². The van der Waals surface area contributed by atoms with Gasteiger partial charge < -0.3 is 10.1 Å². The maximum Gasteiger partial charge on any atom is 0.0469 e. The number of thioether (sulfide) groups is 1. The molecule has 2 atom stereocenters. The Bertz CT molecular complexity index is 143. The van der Waals surface area contributed by atoms with Crippen LogP contribution in [0.25, 0.3) is 0 Å². The van der Waals surface area contributed by atoms with Crippen molar-refractivity contribution in [2.45, 2.75) is 32.7 Å². The first-order chi connectivity index (χ1) is 6.88. The molecule has 1 fully saturated rings. The van der Waals surface area contributed by atoms with Crippen LogP contribution in [0.2, 0.25) is 0 Å². The van der Waals surface area contributed by atoms with Gasteiger partial charge in [0.15, 0.2) is 0 Å². The van der Waals surface area contributed by atoms with Gasteiger partial charge in [-0.05, 0) is 31.1 Å². The molecule has 1 saturated heterocycles. The first-order valence-corrected chi connectivity index (χ1v) is 6.92. The molecule has 1 rings (SSSR count). The Kier molecular flexibility index (Phi) is 6.65. The first-order valence-electron chi connectivity index (χ1n) is 5.77. The molecule has 1 N–H and O–H groups in total. The number of hydrogen-bond donors (Lipinski definition) is 1. The van der Waals surface area contributed by atoms with Gasteiger partial charge in [0, 0.05) is 25.0 Å². The van der Waals surface area contributed by atoms with Crippen LogP contribution < -0.4 is 5.32 Å². The van der Waals surface area contributed by atoms with E-state index in [4.69, 9.17) is 4.74 Å². The van der Waals surface area contributed by atoms with E-state index in [1.165, 1.54) is 17.9 Å². The summed E-state index contributed by atoms with van der Waals surface area (Å²) in [4.78, 5) is 0. The maximum atomic E-state index is 5.53. The van der Waals surface area contributed by atoms with Crippen LogP contribution in [-0.4, -0.2) is 37.3 Å². The molecule has 0 spiro atoms. The lowest BCUT2D eigenvalue weighted by Crippen LogP contribution is -2.35. The third-order valence-corrected chi connectivity index (χ3v) is 3.90. The fraction of sp³-hybridized carbons (Fsp3) is 1.00. The highest BCUT2D eigenvalue weighted by molar-refractivity contribution is 7.99. The van der Waals surface area contributed by atoms with Crippen molar-refractivity contribution in [3.8, 4) is 0 Å². The second-order valence-electron chi connectivity index (χ2n) is 3.86. The predicted octanol–water partition coefficient (Wildman–Crippen LogP) is 2.14. The second-order valence-corrected chi connectivity index (χ2v) is 4.94. The topological polar surface area (TPSA) is 21.3 Å². The summed E-state index contributed by atoms with van der Waals surface area (Å²) in [5.41, 5.74) is 0. The molecule has 0 aromatic heterocycles. The van der Waals surface area contributed by atoms with Crippen molar-refractivity contribution < 1.29 is 4.74 Å². The van der Waals surface area contributed by atoms with E-state index in [2.05, 4.69) is 30.9 Å². The Morgan fingerprint density at radius 3 is 2.86 bits per heavy atom. The molecule has 14 heavy (non-hydrogen) atoms. The molecule has 1 aliphatic heterocycles. The van der Waals surface area contributed by atoms with E-state index >= 15 is 0 Å². The van der Waals surface area contributed by atoms with Crippen molar-refractivity contribution in [3.63, 3.8) is 0 Å². The van der Waals surface area contributed by atoms with Crippen LogP contribution >= 0.6 is 11.8 Å². The van der Waals surface area contributed by atoms with Gasteiger partial charge in [-0.3, -0.25) is 0 Å². The number of nitrogens with one attached hydrogen (secondary N) is 1. The third-order valence-electron chi connectivity index (χ3n) is 2.65. The summed E-state index contributed by atoms with van der Waals surface area (Å²) >= 11 is 2.08. The van der Waals surface area contributed by atoms with Crippen molar-refractivity contribution >= 4 is 11.8 Å². The molecule has 0 aromatic carbocycles. The van der Waals surface area contributed by atoms with Gasteiger partial charge >= 0.3 is 0 Å². The average Bonchev–Trinajstić information content (AvgIpc) is 2.61. The summed E-state index contributed by atoms with van der Waals surface area (Å²) in [5.74, 6) is 3.43. The zero-order valence-electron chi connectivity index (χ0n) is 9.42. The van der Waals surface area contributed by atoms with Gasteiger partial charge in [-0.25, -0.2) is 0 Å². The molecule has 2 unspecified atom stereocenters. The average molecular weight is 217 g/mol. The molecule has 0 bridgehead atoms. The van der Waals surface area contributed by atoms with Crippen molar-refractivity contribution in [1.29, 1.82) is 0 Å². The fourth-order valence-electron chi connectivity index (χ4n) is 1.85. The summed E-state index contributed by atoms with van der Waals surface area (Å²) in [6.45, 7) is 7.31. The Balaban J connectivity index is 2.09. The van der Waals surface area contributed by atoms with Gasteiger partial charge in [-0.2, -0.15) is 11.8 Å². The normalized spacial score (nSPS) is 27.0. The molecule has 0 radical (unpaired) electrons. The summed E-state index contributed by atoms with van der Waals surface area (Å²) in [7, 11) is 0. The molecule has 0 amide bonds. The van der Waals surface area contributed by atoms with Crippen molar-refractivity contribution in [3.05, 3.63) is 0 Å². The number of ether oxygens (including phenoxy) is 1. The van der Waals surface area contributed by atoms with E-state index in [0.717, 1.165) is 38.1 Å². The Morgan fingerprint density at radius 1 is 1.29 bits per heavy atom. The van der Waals surface area contributed by atoms with Crippen LogP contribution in [0.3, 0.4) is 0 Å². The lowest BCUT2D eigenvalue weighted by Gasteiger charge is -2.19. The van der Waals surface area contributed by atoms with E-state index in [9.17, 15) is 0 Å². The third kappa shape index (κ3) is 4.20. The summed E-state index contributed by atoms with van der Waals surface area (Å²) in [6, 6.07) is 0.732. The highest BCUT2D eigenvalue weighted by atomic mass is 32.2. The SMILES string of the molecule is CCCOCCC1CSCC1NCC. The predicted molar refractivity (Wildman–Crippen MR) is 64.0 cm³/mol. The van der Waals surface area contributed by atoms with E-state index < -0.39 is 0 Å². The molecule has 0 aromatic rings. The van der Waals surface area contributed by atoms with Gasteiger partial charge in [-0.1, -0.05) is 13.8 Å². The molecule has 1 heterocycles. The van der Waals surface area contributed by atoms with E-state index in [1.807, 2.05) is 0 Å². The monoisotopic (exact) mass is 217 g/mol. The largest absolute Gasteiger partial charge is 0.381 e. The fourth-order valence-corrected chi connectivity index (χ4v) is 3.33. The first kappa shape index (κ1) is 12.3. The minimum absolute atomic E-state index is 0.732. The molecule has 0 aliphatic carbocycles. The van der Waals surface area contributed by atoms with Crippen LogP contribution in [0.1, 0.15) is 26.7 Å². The van der Waals surface area contributed by atoms with Gasteiger partial charge in [0.05, 0.1) is 0 Å². The quantitative estimate of drug-likeness (QED) is 0.660. The van der Waals surface area contributed by atoms with Crippen LogP contribution in [0.4, 0.5) is 0 Å². The van der Waals surface area contributed by atoms with Gasteiger partial charge in [0.2, 0.25) is 0 Å². The lowest BCUT2D eigenvalue weighted by molar-refractivity contribution is 0.119. The second kappa shape index (κ2) is 7.55. The Hall–Kier alpha value is 0.270. The number of hydrogen-bond acceptors (Lipinski definition) is 3. The smallest absolute Gasteiger partial charge is 0.0469 e. The molecular weight excluding hydrogens is 194 g/mol. The minimum atomic E-state index is 0.732. The lowest BCUT2D eigenvalue weighted by atomic mass is 10.0. The molecule has 84 valence electrons. The highest BCUT2D eigenvalue weighted by Gasteiger charge is 2.26. The summed E-state index contributed by atoms with van der Waals surface area (Å²) < 4.78 is 5.53. The maximum absolute atomic E-state index is 5.53. The Labute approximate surface area is 92.2 Å². The molecule has 1 aliphatic rings. The minimum Gasteiger partial charge on any atom is -0.381 e. The molecule has 0 saturated carbocycles. The summed E-state index contributed by atoms with van der Waals surface area (Å²) in [5, 5.41) is 3.56. The standard InChI is InChI=1S/C11H23NOS/c1-3-6-13-7-5-10-8-14-9-11(10)12-4-2/h10-12H,3-9H2,1-2H3. The Morgan fingerprint density at radius 2 is 2.14 bits per heavy atom. The van der Waals surface area contributed by atoms with E-state index in [0.29, 0.717) is 0 Å². The summed E-state index contributed by atoms with van der Waals surface area (Å²) in [6.07, 6.45) is 2.36. The van der Waals surface area contributed by atoms with Crippen LogP contribution in [0.5, 0.6) is 0 Å². The molecular formula is C11H23NOS. The van der Waals surface area contributed by atoms with Crippen LogP contribution in [0, 0.1) is 5.92 Å². The zero-order chi connectivity index (χ0) is 10.2. The molecule has 2 nitrogen and oxygen atoms in total. The van der Waals surface area contributed by atoms with Crippen molar-refractivity contribution in [2.75, 3.05) is 31.3 Å². The zero-order valence-corrected chi connectivity index (χ0v) is 10.2. The van der Waals surface area contributed by atoms with E-state index in [1.54, 1.807) is 0 Å². The van der Waals surface area contributed by atoms with Crippen molar-refractivity contribution in [1.82, 2.24) is 5.32 Å². The number of rotatable bonds is 7. The molecule has 3 heteroatoms. The van der Waals surface area contributed by atoms with E-state index in [-0.39, 0.29) is 0 Å².